The molecule has 3 aliphatic rings. The summed E-state index contributed by atoms with van der Waals surface area (Å²) in [6, 6.07) is 11.2. The van der Waals surface area contributed by atoms with Gasteiger partial charge in [0.15, 0.2) is 0 Å². The Bertz CT molecular complexity index is 2580. The van der Waals surface area contributed by atoms with Crippen molar-refractivity contribution in [1.82, 2.24) is 30.2 Å². The molecule has 2 N–H and O–H groups in total. The number of fused-ring (bicyclic) bond motifs is 2. The van der Waals surface area contributed by atoms with E-state index in [4.69, 9.17) is 23.9 Å². The smallest absolute Gasteiger partial charge is 0.408 e. The molecule has 0 aliphatic carbocycles. The number of halogens is 2. The molecule has 0 radical (unpaired) electrons. The Morgan fingerprint density at radius 2 is 1.70 bits per heavy atom. The van der Waals surface area contributed by atoms with Crippen LogP contribution in [0.1, 0.15) is 122 Å². The summed E-state index contributed by atoms with van der Waals surface area (Å²) >= 11 is 0. The van der Waals surface area contributed by atoms with Gasteiger partial charge in [0.05, 0.1) is 43.1 Å². The summed E-state index contributed by atoms with van der Waals surface area (Å²) in [5, 5.41) is 4.86. The van der Waals surface area contributed by atoms with E-state index in [0.717, 1.165) is 65.3 Å². The molecule has 5 heterocycles. The number of alkyl halides is 2. The Hall–Kier alpha value is -5.65. The summed E-state index contributed by atoms with van der Waals surface area (Å²) in [6.07, 6.45) is 2.76. The zero-order valence-corrected chi connectivity index (χ0v) is 43.2. The number of ether oxygens (including phenoxy) is 4. The monoisotopic (exact) mass is 986 g/mol. The minimum Gasteiger partial charge on any atom is -0.468 e. The van der Waals surface area contributed by atoms with E-state index in [1.54, 1.807) is 33.9 Å². The SMILES string of the molecule is CCn1c(-c2cc(N3CCN4CCCC[C@@H]4C3)cnc2[C@H](C)OC)c(CC(C)(C)COC(C)=O)c2cc(-c3cc(C[C@H](NC(=O)OC(C)(C)C)C(=O)N4CCC[C@@H](C(=O)OC)N4)cc(C(F)F)c3)ccc21. The third-order valence-electron chi connectivity index (χ3n) is 13.9. The first-order chi connectivity index (χ1) is 33.7. The molecule has 0 bridgehead atoms. The lowest BCUT2D eigenvalue weighted by molar-refractivity contribution is -0.150. The number of piperidine rings is 1. The van der Waals surface area contributed by atoms with Gasteiger partial charge in [-0.2, -0.15) is 0 Å². The fraction of sp³-hybridized carbons (Fsp3) is 0.574. The van der Waals surface area contributed by atoms with Gasteiger partial charge in [0.2, 0.25) is 0 Å². The van der Waals surface area contributed by atoms with Crippen molar-refractivity contribution in [2.45, 2.75) is 143 Å². The molecule has 2 amide bonds. The lowest BCUT2D eigenvalue weighted by atomic mass is 9.84. The van der Waals surface area contributed by atoms with Crippen LogP contribution < -0.4 is 15.6 Å². The van der Waals surface area contributed by atoms with Crippen molar-refractivity contribution in [1.29, 1.82) is 0 Å². The van der Waals surface area contributed by atoms with E-state index >= 15 is 8.78 Å². The number of nitrogens with one attached hydrogen (secondary N) is 2. The number of rotatable bonds is 16. The van der Waals surface area contributed by atoms with Crippen LogP contribution in [0.5, 0.6) is 0 Å². The second kappa shape index (κ2) is 22.4. The molecule has 17 heteroatoms. The number of piperazine rings is 1. The third-order valence-corrected chi connectivity index (χ3v) is 13.9. The van der Waals surface area contributed by atoms with Crippen molar-refractivity contribution in [3.05, 3.63) is 71.0 Å². The van der Waals surface area contributed by atoms with Crippen molar-refractivity contribution >= 4 is 40.5 Å². The first-order valence-corrected chi connectivity index (χ1v) is 25.1. The molecule has 15 nitrogen and oxygen atoms in total. The summed E-state index contributed by atoms with van der Waals surface area (Å²) in [5.74, 6) is -1.48. The molecule has 386 valence electrons. The average Bonchev–Trinajstić information content (AvgIpc) is 3.64. The molecule has 4 aromatic rings. The summed E-state index contributed by atoms with van der Waals surface area (Å²) in [6.45, 7) is 19.6. The summed E-state index contributed by atoms with van der Waals surface area (Å²) < 4.78 is 54.4. The number of benzene rings is 2. The Morgan fingerprint density at radius 3 is 2.39 bits per heavy atom. The Kier molecular flexibility index (Phi) is 16.8. The minimum absolute atomic E-state index is 0.166. The Balaban J connectivity index is 1.35. The lowest BCUT2D eigenvalue weighted by Gasteiger charge is -2.45. The van der Waals surface area contributed by atoms with Gasteiger partial charge in [0, 0.05) is 86.7 Å². The van der Waals surface area contributed by atoms with Gasteiger partial charge >= 0.3 is 18.0 Å². The lowest BCUT2D eigenvalue weighted by Crippen LogP contribution is -2.60. The number of amides is 2. The number of aryl methyl sites for hydroxylation is 1. The molecule has 3 fully saturated rings. The normalized spacial score (nSPS) is 18.8. The fourth-order valence-electron chi connectivity index (χ4n) is 10.4. The average molecular weight is 986 g/mol. The van der Waals surface area contributed by atoms with Gasteiger partial charge in [-0.3, -0.25) is 29.3 Å². The molecule has 4 atom stereocenters. The highest BCUT2D eigenvalue weighted by Crippen LogP contribution is 2.43. The van der Waals surface area contributed by atoms with Crippen LogP contribution in [0.25, 0.3) is 33.3 Å². The summed E-state index contributed by atoms with van der Waals surface area (Å²) in [7, 11) is 2.94. The van der Waals surface area contributed by atoms with Crippen LogP contribution in [-0.2, 0) is 52.7 Å². The van der Waals surface area contributed by atoms with Crippen LogP contribution in [0, 0.1) is 5.41 Å². The van der Waals surface area contributed by atoms with Gasteiger partial charge in [0.1, 0.15) is 17.7 Å². The van der Waals surface area contributed by atoms with Gasteiger partial charge < -0.3 is 33.7 Å². The number of anilines is 1. The standard InChI is InChI=1S/C54H73F2N7O8/c1-11-62-46-18-17-36(37-23-35(24-38(26-37)49(55)56)25-45(58-52(67)71-53(4,5)6)50(65)63-20-14-16-44(59-63)51(66)69-10)27-41(46)43(29-54(7,8)32-70-34(3)64)48(62)42-28-40(30-57-47(42)33(2)68-9)61-22-21-60-19-13-12-15-39(60)31-61/h17-18,23-24,26-28,30,33,39,44-45,49,59H,11-16,19-22,25,29,31-32H2,1-10H3,(H,58,67)/t33-,39+,44-,45-/m0/s1. The molecule has 0 saturated carbocycles. The molecule has 0 unspecified atom stereocenters. The van der Waals surface area contributed by atoms with Crippen LogP contribution >= 0.6 is 0 Å². The zero-order valence-electron chi connectivity index (χ0n) is 43.2. The van der Waals surface area contributed by atoms with Crippen molar-refractivity contribution in [2.75, 3.05) is 58.5 Å². The zero-order chi connectivity index (χ0) is 51.4. The van der Waals surface area contributed by atoms with Gasteiger partial charge in [-0.15, -0.1) is 0 Å². The number of hydrazine groups is 1. The number of methoxy groups -OCH3 is 2. The Labute approximate surface area is 416 Å². The van der Waals surface area contributed by atoms with E-state index in [0.29, 0.717) is 48.5 Å². The van der Waals surface area contributed by atoms with Crippen LogP contribution in [0.15, 0.2) is 48.7 Å². The number of hydrogen-bond donors (Lipinski definition) is 2. The maximum atomic E-state index is 15.0. The van der Waals surface area contributed by atoms with Crippen molar-refractivity contribution in [2.24, 2.45) is 5.41 Å². The number of esters is 2. The molecule has 71 heavy (non-hydrogen) atoms. The molecule has 3 saturated heterocycles. The van der Waals surface area contributed by atoms with E-state index in [1.807, 2.05) is 31.3 Å². The molecule has 2 aromatic carbocycles. The maximum Gasteiger partial charge on any atom is 0.408 e. The molecule has 7 rings (SSSR count). The van der Waals surface area contributed by atoms with E-state index in [-0.39, 0.29) is 37.2 Å². The van der Waals surface area contributed by atoms with Crippen molar-refractivity contribution in [3.8, 4) is 22.4 Å². The third kappa shape index (κ3) is 12.7. The van der Waals surface area contributed by atoms with Crippen molar-refractivity contribution < 1.29 is 46.9 Å². The molecule has 2 aromatic heterocycles. The topological polar surface area (TPSA) is 157 Å². The number of aromatic nitrogens is 2. The second-order valence-corrected chi connectivity index (χ2v) is 21.1. The quantitative estimate of drug-likeness (QED) is 0.0813. The largest absolute Gasteiger partial charge is 0.468 e. The number of pyridine rings is 1. The van der Waals surface area contributed by atoms with Crippen LogP contribution in [0.3, 0.4) is 0 Å². The van der Waals surface area contributed by atoms with Crippen LogP contribution in [0.2, 0.25) is 0 Å². The van der Waals surface area contributed by atoms with E-state index in [1.165, 1.54) is 50.4 Å². The molecule has 0 spiro atoms. The number of carbonyl (C=O) groups is 4. The highest BCUT2D eigenvalue weighted by molar-refractivity contribution is 5.96. The van der Waals surface area contributed by atoms with Crippen LogP contribution in [-0.4, -0.2) is 121 Å². The first-order valence-electron chi connectivity index (χ1n) is 25.1. The van der Waals surface area contributed by atoms with Gasteiger partial charge in [0.25, 0.3) is 12.3 Å². The van der Waals surface area contributed by atoms with Gasteiger partial charge in [-0.05, 0) is 120 Å². The summed E-state index contributed by atoms with van der Waals surface area (Å²) in [5.41, 5.74) is 8.37. The maximum absolute atomic E-state index is 15.0. The minimum atomic E-state index is -2.86. The summed E-state index contributed by atoms with van der Waals surface area (Å²) in [4.78, 5) is 62.5. The van der Waals surface area contributed by atoms with Crippen molar-refractivity contribution in [3.63, 3.8) is 0 Å². The van der Waals surface area contributed by atoms with E-state index < -0.39 is 47.5 Å². The second-order valence-electron chi connectivity index (χ2n) is 21.1. The fourth-order valence-corrected chi connectivity index (χ4v) is 10.4. The highest BCUT2D eigenvalue weighted by Gasteiger charge is 2.36. The molecule has 3 aliphatic heterocycles. The predicted molar refractivity (Wildman–Crippen MR) is 269 cm³/mol. The van der Waals surface area contributed by atoms with E-state index in [2.05, 4.69) is 51.9 Å². The number of alkyl carbamates (subject to hydrolysis) is 1. The molecular weight excluding hydrogens is 913 g/mol. The van der Waals surface area contributed by atoms with Gasteiger partial charge in [-0.25, -0.2) is 19.0 Å². The van der Waals surface area contributed by atoms with Gasteiger partial charge in [-0.1, -0.05) is 38.5 Å². The van der Waals surface area contributed by atoms with E-state index in [9.17, 15) is 19.2 Å². The highest BCUT2D eigenvalue weighted by atomic mass is 19.3. The number of carbonyl (C=O) groups excluding carboxylic acids is 4. The number of nitrogens with zero attached hydrogens (tertiary/aromatic N) is 5. The number of hydrogen-bond acceptors (Lipinski definition) is 12. The van der Waals surface area contributed by atoms with Crippen LogP contribution in [0.4, 0.5) is 19.3 Å². The first kappa shape index (κ1) is 53.2. The Morgan fingerprint density at radius 1 is 0.930 bits per heavy atom. The predicted octanol–water partition coefficient (Wildman–Crippen LogP) is 8.95. The molecular formula is C54H73F2N7O8.